The third-order valence-corrected chi connectivity index (χ3v) is 4.23. The molecule has 3 nitrogen and oxygen atoms in total. The first kappa shape index (κ1) is 17.5. The van der Waals surface area contributed by atoms with Crippen molar-refractivity contribution in [2.75, 3.05) is 27.2 Å². The Labute approximate surface area is 140 Å². The van der Waals surface area contributed by atoms with Crippen LogP contribution in [0.4, 0.5) is 0 Å². The van der Waals surface area contributed by atoms with Crippen LogP contribution in [0.3, 0.4) is 0 Å². The molecule has 0 spiro atoms. The summed E-state index contributed by atoms with van der Waals surface area (Å²) in [4.78, 5) is 6.96. The zero-order chi connectivity index (χ0) is 17.0. The Kier molecular flexibility index (Phi) is 5.78. The molecule has 0 bridgehead atoms. The molecule has 0 N–H and O–H groups in total. The van der Waals surface area contributed by atoms with Crippen LogP contribution in [0.1, 0.15) is 38.4 Å². The summed E-state index contributed by atoms with van der Waals surface area (Å²) in [7, 11) is 3.90. The summed E-state index contributed by atoms with van der Waals surface area (Å²) in [5, 5.41) is 1.10. The summed E-state index contributed by atoms with van der Waals surface area (Å²) in [6.07, 6.45) is 1.11. The van der Waals surface area contributed by atoms with Gasteiger partial charge in [0.1, 0.15) is 5.75 Å². The second-order valence-corrected chi connectivity index (χ2v) is 5.94. The Balaban J connectivity index is 0.000000924. The number of pyridine rings is 1. The van der Waals surface area contributed by atoms with E-state index >= 15 is 0 Å². The molecule has 1 aliphatic rings. The summed E-state index contributed by atoms with van der Waals surface area (Å²) in [5.41, 5.74) is 6.22. The topological polar surface area (TPSA) is 25.4 Å². The van der Waals surface area contributed by atoms with Crippen LogP contribution in [0.5, 0.6) is 5.75 Å². The van der Waals surface area contributed by atoms with E-state index in [0.717, 1.165) is 41.9 Å². The predicted octanol–water partition coefficient (Wildman–Crippen LogP) is 4.69. The first-order valence-electron chi connectivity index (χ1n) is 8.41. The van der Waals surface area contributed by atoms with Crippen molar-refractivity contribution in [1.29, 1.82) is 0 Å². The van der Waals surface area contributed by atoms with Crippen molar-refractivity contribution in [3.05, 3.63) is 41.1 Å². The number of benzene rings is 1. The summed E-state index contributed by atoms with van der Waals surface area (Å²) in [6, 6.07) is 8.53. The number of hydrogen-bond donors (Lipinski definition) is 0. The Bertz CT molecular complexity index is 719. The quantitative estimate of drug-likeness (QED) is 0.804. The van der Waals surface area contributed by atoms with Gasteiger partial charge in [0.25, 0.3) is 0 Å². The van der Waals surface area contributed by atoms with Gasteiger partial charge in [0.15, 0.2) is 0 Å². The van der Waals surface area contributed by atoms with Crippen molar-refractivity contribution >= 4 is 16.5 Å². The Hall–Kier alpha value is -1.87. The highest BCUT2D eigenvalue weighted by atomic mass is 16.5. The smallest absolute Gasteiger partial charge is 0.130 e. The Morgan fingerprint density at radius 2 is 1.87 bits per heavy atom. The van der Waals surface area contributed by atoms with Gasteiger partial charge >= 0.3 is 0 Å². The third kappa shape index (κ3) is 3.73. The van der Waals surface area contributed by atoms with Crippen LogP contribution in [0.15, 0.2) is 29.8 Å². The number of methoxy groups -OCH3 is 1. The molecule has 23 heavy (non-hydrogen) atoms. The lowest BCUT2D eigenvalue weighted by Crippen LogP contribution is -2.26. The van der Waals surface area contributed by atoms with Gasteiger partial charge < -0.3 is 9.64 Å². The molecule has 1 aliphatic heterocycles. The lowest BCUT2D eigenvalue weighted by molar-refractivity contribution is 0.359. The van der Waals surface area contributed by atoms with Gasteiger partial charge in [0, 0.05) is 30.2 Å². The molecule has 0 saturated heterocycles. The average Bonchev–Trinajstić information content (AvgIpc) is 2.55. The van der Waals surface area contributed by atoms with E-state index in [1.54, 1.807) is 7.11 Å². The zero-order valence-electron chi connectivity index (χ0n) is 15.2. The molecule has 0 atom stereocenters. The minimum Gasteiger partial charge on any atom is -0.496 e. The molecular weight excluding hydrogens is 284 g/mol. The van der Waals surface area contributed by atoms with Crippen molar-refractivity contribution in [2.24, 2.45) is 0 Å². The van der Waals surface area contributed by atoms with Crippen molar-refractivity contribution in [3.63, 3.8) is 0 Å². The molecule has 1 aromatic carbocycles. The molecule has 0 unspecified atom stereocenters. The standard InChI is InChI=1S/C18H22N2O.C2H6/c1-12-11-20(3)8-7-15(12)14-5-6-17-16(10-14)18(21-4)9-13(2)19-17;1-2/h5-6,9-10H,7-8,11H2,1-4H3;1-2H3. The molecule has 1 aromatic heterocycles. The molecule has 0 aliphatic carbocycles. The molecule has 3 heteroatoms. The van der Waals surface area contributed by atoms with Gasteiger partial charge in [-0.05, 0) is 50.6 Å². The predicted molar refractivity (Wildman–Crippen MR) is 99.1 cm³/mol. The number of aryl methyl sites for hydroxylation is 1. The number of rotatable bonds is 2. The van der Waals surface area contributed by atoms with Crippen LogP contribution in [-0.4, -0.2) is 37.1 Å². The normalized spacial score (nSPS) is 15.4. The second-order valence-electron chi connectivity index (χ2n) is 5.94. The van der Waals surface area contributed by atoms with Crippen molar-refractivity contribution in [2.45, 2.75) is 34.1 Å². The monoisotopic (exact) mass is 312 g/mol. The summed E-state index contributed by atoms with van der Waals surface area (Å²) < 4.78 is 5.53. The highest BCUT2D eigenvalue weighted by Gasteiger charge is 2.15. The van der Waals surface area contributed by atoms with Gasteiger partial charge in [-0.3, -0.25) is 4.98 Å². The van der Waals surface area contributed by atoms with Gasteiger partial charge in [-0.15, -0.1) is 0 Å². The summed E-state index contributed by atoms with van der Waals surface area (Å²) >= 11 is 0. The van der Waals surface area contributed by atoms with Crippen molar-refractivity contribution in [1.82, 2.24) is 9.88 Å². The fourth-order valence-corrected chi connectivity index (χ4v) is 3.16. The average molecular weight is 312 g/mol. The van der Waals surface area contributed by atoms with Gasteiger partial charge in [0.2, 0.25) is 0 Å². The SMILES string of the molecule is CC.COc1cc(C)nc2ccc(C3=C(C)CN(C)CC3)cc12. The van der Waals surface area contributed by atoms with Gasteiger partial charge in [-0.25, -0.2) is 0 Å². The molecule has 0 saturated carbocycles. The van der Waals surface area contributed by atoms with E-state index in [9.17, 15) is 0 Å². The lowest BCUT2D eigenvalue weighted by Gasteiger charge is -2.26. The largest absolute Gasteiger partial charge is 0.496 e. The maximum atomic E-state index is 5.53. The van der Waals surface area contributed by atoms with E-state index in [1.165, 1.54) is 16.7 Å². The summed E-state index contributed by atoms with van der Waals surface area (Å²) in [5.74, 6) is 0.908. The van der Waals surface area contributed by atoms with E-state index in [4.69, 9.17) is 4.74 Å². The Morgan fingerprint density at radius 3 is 2.52 bits per heavy atom. The molecule has 0 fully saturated rings. The molecule has 3 rings (SSSR count). The maximum absolute atomic E-state index is 5.53. The number of aromatic nitrogens is 1. The number of fused-ring (bicyclic) bond motifs is 1. The van der Waals surface area contributed by atoms with Crippen molar-refractivity contribution in [3.8, 4) is 5.75 Å². The van der Waals surface area contributed by atoms with Gasteiger partial charge in [0.05, 0.1) is 12.6 Å². The number of hydrogen-bond acceptors (Lipinski definition) is 3. The maximum Gasteiger partial charge on any atom is 0.130 e. The molecule has 0 radical (unpaired) electrons. The minimum atomic E-state index is 0.908. The van der Waals surface area contributed by atoms with Crippen LogP contribution in [-0.2, 0) is 0 Å². The molecular formula is C20H28N2O. The molecule has 2 aromatic rings. The first-order chi connectivity index (χ1) is 11.1. The fourth-order valence-electron chi connectivity index (χ4n) is 3.16. The number of ether oxygens (including phenoxy) is 1. The highest BCUT2D eigenvalue weighted by molar-refractivity contribution is 5.89. The Morgan fingerprint density at radius 1 is 1.13 bits per heavy atom. The van der Waals surface area contributed by atoms with Crippen molar-refractivity contribution < 1.29 is 4.74 Å². The second kappa shape index (κ2) is 7.60. The minimum absolute atomic E-state index is 0.908. The van der Waals surface area contributed by atoms with Gasteiger partial charge in [-0.2, -0.15) is 0 Å². The van der Waals surface area contributed by atoms with E-state index in [0.29, 0.717) is 0 Å². The molecule has 0 amide bonds. The van der Waals surface area contributed by atoms with Crippen LogP contribution in [0.25, 0.3) is 16.5 Å². The van der Waals surface area contributed by atoms with Crippen LogP contribution >= 0.6 is 0 Å². The fraction of sp³-hybridized carbons (Fsp3) is 0.450. The van der Waals surface area contributed by atoms with E-state index < -0.39 is 0 Å². The van der Waals surface area contributed by atoms with E-state index in [-0.39, 0.29) is 0 Å². The van der Waals surface area contributed by atoms with Crippen LogP contribution < -0.4 is 4.74 Å². The number of nitrogens with zero attached hydrogens (tertiary/aromatic N) is 2. The van der Waals surface area contributed by atoms with Crippen LogP contribution in [0, 0.1) is 6.92 Å². The van der Waals surface area contributed by atoms with Gasteiger partial charge in [-0.1, -0.05) is 25.5 Å². The zero-order valence-corrected chi connectivity index (χ0v) is 15.2. The van der Waals surface area contributed by atoms with Crippen LogP contribution in [0.2, 0.25) is 0 Å². The number of likely N-dealkylation sites (N-methyl/N-ethyl adjacent to an activating group) is 1. The lowest BCUT2D eigenvalue weighted by atomic mass is 9.93. The van der Waals surface area contributed by atoms with E-state index in [1.807, 2.05) is 26.8 Å². The summed E-state index contributed by atoms with van der Waals surface area (Å²) in [6.45, 7) is 10.4. The first-order valence-corrected chi connectivity index (χ1v) is 8.41. The molecule has 124 valence electrons. The molecule has 2 heterocycles. The highest BCUT2D eigenvalue weighted by Crippen LogP contribution is 2.32. The third-order valence-electron chi connectivity index (χ3n) is 4.23. The van der Waals surface area contributed by atoms with E-state index in [2.05, 4.69) is 42.1 Å².